The highest BCUT2D eigenvalue weighted by Gasteiger charge is 2.46. The van der Waals surface area contributed by atoms with Gasteiger partial charge in [-0.15, -0.1) is 0 Å². The molecule has 2 rings (SSSR count). The molecule has 1 aromatic rings. The van der Waals surface area contributed by atoms with E-state index in [-0.39, 0.29) is 5.60 Å². The van der Waals surface area contributed by atoms with Gasteiger partial charge in [-0.3, -0.25) is 0 Å². The van der Waals surface area contributed by atoms with Crippen molar-refractivity contribution in [3.05, 3.63) is 33.8 Å². The minimum Gasteiger partial charge on any atom is -0.364 e. The van der Waals surface area contributed by atoms with E-state index in [1.807, 2.05) is 12.1 Å². The summed E-state index contributed by atoms with van der Waals surface area (Å²) >= 11 is 12.0. The van der Waals surface area contributed by atoms with E-state index in [2.05, 4.69) is 6.92 Å². The SMILES string of the molecule is CCCC[C@@]1(c2ccc(Cl)cc2Cl)CO1. The van der Waals surface area contributed by atoms with Crippen molar-refractivity contribution in [2.45, 2.75) is 31.8 Å². The van der Waals surface area contributed by atoms with E-state index in [4.69, 9.17) is 27.9 Å². The Hall–Kier alpha value is -0.240. The molecule has 1 nitrogen and oxygen atoms in total. The number of halogens is 2. The molecule has 1 aromatic carbocycles. The van der Waals surface area contributed by atoms with Gasteiger partial charge in [-0.2, -0.15) is 0 Å². The molecule has 1 aliphatic heterocycles. The molecule has 3 heteroatoms. The second kappa shape index (κ2) is 4.32. The first-order valence-corrected chi connectivity index (χ1v) is 6.03. The van der Waals surface area contributed by atoms with Crippen molar-refractivity contribution >= 4 is 23.2 Å². The van der Waals surface area contributed by atoms with Crippen LogP contribution >= 0.6 is 23.2 Å². The highest BCUT2D eigenvalue weighted by molar-refractivity contribution is 6.35. The molecular weight excluding hydrogens is 231 g/mol. The van der Waals surface area contributed by atoms with E-state index in [1.54, 1.807) is 6.07 Å². The molecule has 0 radical (unpaired) electrons. The van der Waals surface area contributed by atoms with Crippen molar-refractivity contribution in [1.29, 1.82) is 0 Å². The summed E-state index contributed by atoms with van der Waals surface area (Å²) in [7, 11) is 0. The molecule has 0 amide bonds. The standard InChI is InChI=1S/C12H14Cl2O/c1-2-3-6-12(8-15-12)10-5-4-9(13)7-11(10)14/h4-5,7H,2-3,6,8H2,1H3/t12-/m0/s1. The molecule has 0 bridgehead atoms. The van der Waals surface area contributed by atoms with Gasteiger partial charge in [-0.05, 0) is 18.6 Å². The van der Waals surface area contributed by atoms with Crippen LogP contribution in [0.4, 0.5) is 0 Å². The summed E-state index contributed by atoms with van der Waals surface area (Å²) in [6.07, 6.45) is 3.39. The molecule has 0 aromatic heterocycles. The van der Waals surface area contributed by atoms with E-state index in [0.717, 1.165) is 23.6 Å². The Labute approximate surface area is 100 Å². The van der Waals surface area contributed by atoms with Gasteiger partial charge in [-0.25, -0.2) is 0 Å². The van der Waals surface area contributed by atoms with E-state index in [9.17, 15) is 0 Å². The van der Waals surface area contributed by atoms with Gasteiger partial charge >= 0.3 is 0 Å². The van der Waals surface area contributed by atoms with Crippen LogP contribution in [0.25, 0.3) is 0 Å². The quantitative estimate of drug-likeness (QED) is 0.716. The topological polar surface area (TPSA) is 12.5 Å². The lowest BCUT2D eigenvalue weighted by molar-refractivity contribution is 0.287. The van der Waals surface area contributed by atoms with Crippen molar-refractivity contribution in [3.8, 4) is 0 Å². The summed E-state index contributed by atoms with van der Waals surface area (Å²) < 4.78 is 5.58. The van der Waals surface area contributed by atoms with Crippen molar-refractivity contribution in [2.24, 2.45) is 0 Å². The van der Waals surface area contributed by atoms with E-state index in [0.29, 0.717) is 5.02 Å². The van der Waals surface area contributed by atoms with E-state index < -0.39 is 0 Å². The third-order valence-electron chi connectivity index (χ3n) is 2.85. The Morgan fingerprint density at radius 1 is 1.40 bits per heavy atom. The van der Waals surface area contributed by atoms with Crippen LogP contribution in [0, 0.1) is 0 Å². The van der Waals surface area contributed by atoms with Gasteiger partial charge in [0.15, 0.2) is 0 Å². The van der Waals surface area contributed by atoms with Crippen LogP contribution in [-0.4, -0.2) is 6.61 Å². The van der Waals surface area contributed by atoms with Crippen molar-refractivity contribution in [1.82, 2.24) is 0 Å². The second-order valence-corrected chi connectivity index (χ2v) is 4.85. The molecule has 0 saturated carbocycles. The zero-order valence-electron chi connectivity index (χ0n) is 8.72. The highest BCUT2D eigenvalue weighted by Crippen LogP contribution is 2.46. The molecule has 82 valence electrons. The average Bonchev–Trinajstić information content (AvgIpc) is 2.96. The van der Waals surface area contributed by atoms with Gasteiger partial charge in [-0.1, -0.05) is 49.0 Å². The number of unbranched alkanes of at least 4 members (excludes halogenated alkanes) is 1. The maximum absolute atomic E-state index is 6.17. The third-order valence-corrected chi connectivity index (χ3v) is 3.40. The monoisotopic (exact) mass is 244 g/mol. The molecule has 0 N–H and O–H groups in total. The Balaban J connectivity index is 2.21. The lowest BCUT2D eigenvalue weighted by Crippen LogP contribution is -2.09. The predicted molar refractivity (Wildman–Crippen MR) is 63.6 cm³/mol. The van der Waals surface area contributed by atoms with E-state index in [1.165, 1.54) is 12.8 Å². The van der Waals surface area contributed by atoms with Crippen LogP contribution in [0.15, 0.2) is 18.2 Å². The van der Waals surface area contributed by atoms with Crippen LogP contribution in [0.2, 0.25) is 10.0 Å². The normalized spacial score (nSPS) is 24.2. The minimum atomic E-state index is -0.113. The molecule has 1 fully saturated rings. The van der Waals surface area contributed by atoms with Gasteiger partial charge in [0.2, 0.25) is 0 Å². The number of benzene rings is 1. The van der Waals surface area contributed by atoms with Crippen LogP contribution in [0.1, 0.15) is 31.7 Å². The fourth-order valence-corrected chi connectivity index (χ4v) is 2.42. The third kappa shape index (κ3) is 2.30. The number of hydrogen-bond donors (Lipinski definition) is 0. The zero-order chi connectivity index (χ0) is 10.9. The molecule has 1 heterocycles. The first-order chi connectivity index (χ1) is 7.18. The number of ether oxygens (including phenoxy) is 1. The summed E-state index contributed by atoms with van der Waals surface area (Å²) in [6.45, 7) is 2.97. The van der Waals surface area contributed by atoms with Gasteiger partial charge < -0.3 is 4.74 Å². The van der Waals surface area contributed by atoms with E-state index >= 15 is 0 Å². The molecule has 0 spiro atoms. The molecule has 1 atom stereocenters. The Morgan fingerprint density at radius 2 is 2.13 bits per heavy atom. The first kappa shape index (κ1) is 11.3. The fraction of sp³-hybridized carbons (Fsp3) is 0.500. The van der Waals surface area contributed by atoms with Gasteiger partial charge in [0, 0.05) is 15.6 Å². The Morgan fingerprint density at radius 3 is 2.67 bits per heavy atom. The molecular formula is C12H14Cl2O. The highest BCUT2D eigenvalue weighted by atomic mass is 35.5. The van der Waals surface area contributed by atoms with Crippen molar-refractivity contribution in [3.63, 3.8) is 0 Å². The molecule has 0 aliphatic carbocycles. The molecule has 0 unspecified atom stereocenters. The minimum absolute atomic E-state index is 0.113. The van der Waals surface area contributed by atoms with Crippen LogP contribution in [0.5, 0.6) is 0 Å². The van der Waals surface area contributed by atoms with Crippen LogP contribution in [-0.2, 0) is 10.3 Å². The molecule has 1 aliphatic rings. The number of epoxide rings is 1. The number of rotatable bonds is 4. The predicted octanol–water partition coefficient (Wildman–Crippen LogP) is 4.41. The fourth-order valence-electron chi connectivity index (χ4n) is 1.84. The summed E-state index contributed by atoms with van der Waals surface area (Å²) in [5, 5.41) is 1.39. The van der Waals surface area contributed by atoms with Crippen LogP contribution in [0.3, 0.4) is 0 Å². The second-order valence-electron chi connectivity index (χ2n) is 4.01. The lowest BCUT2D eigenvalue weighted by Gasteiger charge is -2.13. The summed E-state index contributed by atoms with van der Waals surface area (Å²) in [5.41, 5.74) is 0.972. The summed E-state index contributed by atoms with van der Waals surface area (Å²) in [5.74, 6) is 0. The largest absolute Gasteiger partial charge is 0.364 e. The molecule has 15 heavy (non-hydrogen) atoms. The number of hydrogen-bond acceptors (Lipinski definition) is 1. The van der Waals surface area contributed by atoms with Gasteiger partial charge in [0.1, 0.15) is 5.60 Å². The smallest absolute Gasteiger partial charge is 0.118 e. The summed E-state index contributed by atoms with van der Waals surface area (Å²) in [4.78, 5) is 0. The maximum atomic E-state index is 6.17. The van der Waals surface area contributed by atoms with Gasteiger partial charge in [0.05, 0.1) is 6.61 Å². The zero-order valence-corrected chi connectivity index (χ0v) is 10.2. The summed E-state index contributed by atoms with van der Waals surface area (Å²) in [6, 6.07) is 5.64. The van der Waals surface area contributed by atoms with Gasteiger partial charge in [0.25, 0.3) is 0 Å². The Bertz CT molecular complexity index is 359. The first-order valence-electron chi connectivity index (χ1n) is 5.27. The van der Waals surface area contributed by atoms with Crippen molar-refractivity contribution < 1.29 is 4.74 Å². The van der Waals surface area contributed by atoms with Crippen LogP contribution < -0.4 is 0 Å². The Kier molecular flexibility index (Phi) is 3.24. The average molecular weight is 245 g/mol. The van der Waals surface area contributed by atoms with Crippen molar-refractivity contribution in [2.75, 3.05) is 6.61 Å². The molecule has 1 saturated heterocycles. The lowest BCUT2D eigenvalue weighted by atomic mass is 9.94. The maximum Gasteiger partial charge on any atom is 0.118 e.